The molecule has 0 heterocycles. The molecule has 0 radical (unpaired) electrons. The molecule has 0 aromatic heterocycles. The Morgan fingerprint density at radius 1 is 1.38 bits per heavy atom. The third-order valence-electron chi connectivity index (χ3n) is 1.53. The average molecular weight is 201 g/mol. The van der Waals surface area contributed by atoms with E-state index in [2.05, 4.69) is 10.1 Å². The smallest absolute Gasteiger partial charge is 0.394 e. The highest BCUT2D eigenvalue weighted by atomic mass is 19.4. The Kier molecular flexibility index (Phi) is 4.66. The maximum absolute atomic E-state index is 11.8. The molecule has 0 fully saturated rings. The van der Waals surface area contributed by atoms with Gasteiger partial charge in [0.15, 0.2) is 0 Å². The highest BCUT2D eigenvalue weighted by Gasteiger charge is 2.32. The fourth-order valence-corrected chi connectivity index (χ4v) is 0.785. The molecule has 0 aliphatic rings. The topological polar surface area (TPSA) is 41.5 Å². The van der Waals surface area contributed by atoms with Gasteiger partial charge in [-0.25, -0.2) is 0 Å². The largest absolute Gasteiger partial charge is 0.401 e. The molecule has 2 N–H and O–H groups in total. The monoisotopic (exact) mass is 201 g/mol. The maximum Gasteiger partial charge on any atom is 0.401 e. The standard InChI is InChI=1S/C7H14F3NO2/c1-6(4-12,5-13-2)11-3-7(8,9)10/h11-12H,3-5H2,1-2H3. The van der Waals surface area contributed by atoms with Crippen LogP contribution >= 0.6 is 0 Å². The molecule has 0 aromatic carbocycles. The number of ether oxygens (including phenoxy) is 1. The molecule has 0 aromatic rings. The van der Waals surface area contributed by atoms with Gasteiger partial charge in [-0.3, -0.25) is 5.32 Å². The molecular weight excluding hydrogens is 187 g/mol. The van der Waals surface area contributed by atoms with Crippen LogP contribution in [0.5, 0.6) is 0 Å². The first-order valence-corrected chi connectivity index (χ1v) is 3.74. The van der Waals surface area contributed by atoms with E-state index in [1.54, 1.807) is 0 Å². The second-order valence-corrected chi connectivity index (χ2v) is 3.12. The molecule has 0 aliphatic carbocycles. The summed E-state index contributed by atoms with van der Waals surface area (Å²) >= 11 is 0. The van der Waals surface area contributed by atoms with E-state index in [-0.39, 0.29) is 6.61 Å². The molecule has 0 aliphatic heterocycles. The molecule has 13 heavy (non-hydrogen) atoms. The van der Waals surface area contributed by atoms with Crippen molar-refractivity contribution in [2.24, 2.45) is 0 Å². The molecule has 3 nitrogen and oxygen atoms in total. The Balaban J connectivity index is 3.97. The van der Waals surface area contributed by atoms with Gasteiger partial charge in [0, 0.05) is 7.11 Å². The number of halogens is 3. The third kappa shape index (κ3) is 5.84. The molecule has 0 spiro atoms. The Hall–Kier alpha value is -0.330. The number of rotatable bonds is 5. The Morgan fingerprint density at radius 2 is 1.92 bits per heavy atom. The van der Waals surface area contributed by atoms with Crippen LogP contribution in [0.4, 0.5) is 13.2 Å². The van der Waals surface area contributed by atoms with E-state index in [0.717, 1.165) is 0 Å². The summed E-state index contributed by atoms with van der Waals surface area (Å²) < 4.78 is 40.0. The van der Waals surface area contributed by atoms with Crippen molar-refractivity contribution in [2.45, 2.75) is 18.6 Å². The molecule has 0 saturated heterocycles. The summed E-state index contributed by atoms with van der Waals surface area (Å²) in [5.74, 6) is 0. The van der Waals surface area contributed by atoms with E-state index >= 15 is 0 Å². The van der Waals surface area contributed by atoms with Crippen LogP contribution in [-0.4, -0.2) is 43.7 Å². The minimum atomic E-state index is -4.27. The summed E-state index contributed by atoms with van der Waals surface area (Å²) in [5, 5.41) is 11.0. The molecule has 1 atom stereocenters. The lowest BCUT2D eigenvalue weighted by Crippen LogP contribution is -2.52. The van der Waals surface area contributed by atoms with Crippen LogP contribution in [0, 0.1) is 0 Å². The van der Waals surface area contributed by atoms with Crippen LogP contribution in [0.25, 0.3) is 0 Å². The first-order valence-electron chi connectivity index (χ1n) is 3.74. The fraction of sp³-hybridized carbons (Fsp3) is 1.00. The number of alkyl halides is 3. The summed E-state index contributed by atoms with van der Waals surface area (Å²) in [6.07, 6.45) is -4.27. The highest BCUT2D eigenvalue weighted by Crippen LogP contribution is 2.14. The highest BCUT2D eigenvalue weighted by molar-refractivity contribution is 4.82. The van der Waals surface area contributed by atoms with Gasteiger partial charge in [-0.2, -0.15) is 13.2 Å². The van der Waals surface area contributed by atoms with Crippen LogP contribution < -0.4 is 5.32 Å². The van der Waals surface area contributed by atoms with Crippen LogP contribution in [0.3, 0.4) is 0 Å². The van der Waals surface area contributed by atoms with Crippen molar-refractivity contribution < 1.29 is 23.0 Å². The van der Waals surface area contributed by atoms with E-state index in [9.17, 15) is 13.2 Å². The summed E-state index contributed by atoms with van der Waals surface area (Å²) in [6, 6.07) is 0. The predicted octanol–water partition coefficient (Wildman–Crippen LogP) is 0.536. The number of methoxy groups -OCH3 is 1. The third-order valence-corrected chi connectivity index (χ3v) is 1.53. The van der Waals surface area contributed by atoms with Crippen molar-refractivity contribution in [3.8, 4) is 0 Å². The molecule has 0 amide bonds. The zero-order valence-corrected chi connectivity index (χ0v) is 7.61. The summed E-state index contributed by atoms with van der Waals surface area (Å²) in [7, 11) is 1.36. The normalized spacial score (nSPS) is 17.1. The van der Waals surface area contributed by atoms with Crippen molar-refractivity contribution in [3.05, 3.63) is 0 Å². The van der Waals surface area contributed by atoms with Gasteiger partial charge in [-0.05, 0) is 6.92 Å². The molecule has 0 rings (SSSR count). The summed E-state index contributed by atoms with van der Waals surface area (Å²) in [6.45, 7) is -0.0494. The Bertz CT molecular complexity index is 151. The van der Waals surface area contributed by atoms with Gasteiger partial charge in [0.2, 0.25) is 0 Å². The Morgan fingerprint density at radius 3 is 2.23 bits per heavy atom. The molecular formula is C7H14F3NO2. The molecule has 0 bridgehead atoms. The summed E-state index contributed by atoms with van der Waals surface area (Å²) in [5.41, 5.74) is -1.04. The first kappa shape index (κ1) is 12.7. The Labute approximate surface area is 74.9 Å². The average Bonchev–Trinajstić information content (AvgIpc) is 2.01. The lowest BCUT2D eigenvalue weighted by Gasteiger charge is -2.28. The van der Waals surface area contributed by atoms with Crippen LogP contribution in [0.15, 0.2) is 0 Å². The zero-order chi connectivity index (χ0) is 10.5. The van der Waals surface area contributed by atoms with Crippen LogP contribution in [0.1, 0.15) is 6.92 Å². The fourth-order valence-electron chi connectivity index (χ4n) is 0.785. The van der Waals surface area contributed by atoms with Gasteiger partial charge in [0.05, 0.1) is 25.3 Å². The van der Waals surface area contributed by atoms with Gasteiger partial charge < -0.3 is 9.84 Å². The lowest BCUT2D eigenvalue weighted by molar-refractivity contribution is -0.131. The number of hydrogen-bond donors (Lipinski definition) is 2. The van der Waals surface area contributed by atoms with Crippen molar-refractivity contribution in [2.75, 3.05) is 26.9 Å². The van der Waals surface area contributed by atoms with E-state index in [1.807, 2.05) is 0 Å². The van der Waals surface area contributed by atoms with Crippen molar-refractivity contribution >= 4 is 0 Å². The van der Waals surface area contributed by atoms with E-state index in [4.69, 9.17) is 5.11 Å². The molecule has 0 saturated carbocycles. The van der Waals surface area contributed by atoms with Crippen LogP contribution in [0.2, 0.25) is 0 Å². The first-order chi connectivity index (χ1) is 5.83. The van der Waals surface area contributed by atoms with E-state index < -0.39 is 24.9 Å². The SMILES string of the molecule is COCC(C)(CO)NCC(F)(F)F. The van der Waals surface area contributed by atoms with Gasteiger partial charge >= 0.3 is 6.18 Å². The minimum absolute atomic E-state index is 0.0274. The van der Waals surface area contributed by atoms with E-state index in [0.29, 0.717) is 0 Å². The van der Waals surface area contributed by atoms with Crippen molar-refractivity contribution in [1.29, 1.82) is 0 Å². The van der Waals surface area contributed by atoms with Gasteiger partial charge in [-0.15, -0.1) is 0 Å². The maximum atomic E-state index is 11.8. The molecule has 6 heteroatoms. The molecule has 1 unspecified atom stereocenters. The van der Waals surface area contributed by atoms with Gasteiger partial charge in [0.1, 0.15) is 0 Å². The second kappa shape index (κ2) is 4.78. The number of hydrogen-bond acceptors (Lipinski definition) is 3. The summed E-state index contributed by atoms with van der Waals surface area (Å²) in [4.78, 5) is 0. The zero-order valence-electron chi connectivity index (χ0n) is 7.61. The number of aliphatic hydroxyl groups is 1. The van der Waals surface area contributed by atoms with Gasteiger partial charge in [-0.1, -0.05) is 0 Å². The number of nitrogens with one attached hydrogen (secondary N) is 1. The quantitative estimate of drug-likeness (QED) is 0.682. The minimum Gasteiger partial charge on any atom is -0.394 e. The van der Waals surface area contributed by atoms with Crippen molar-refractivity contribution in [3.63, 3.8) is 0 Å². The predicted molar refractivity (Wildman–Crippen MR) is 41.4 cm³/mol. The number of aliphatic hydroxyl groups excluding tert-OH is 1. The second-order valence-electron chi connectivity index (χ2n) is 3.12. The van der Waals surface area contributed by atoms with Gasteiger partial charge in [0.25, 0.3) is 0 Å². The molecule has 80 valence electrons. The van der Waals surface area contributed by atoms with Crippen LogP contribution in [-0.2, 0) is 4.74 Å². The van der Waals surface area contributed by atoms with E-state index in [1.165, 1.54) is 14.0 Å². The van der Waals surface area contributed by atoms with Crippen molar-refractivity contribution in [1.82, 2.24) is 5.32 Å². The lowest BCUT2D eigenvalue weighted by atomic mass is 10.1.